The third-order valence-corrected chi connectivity index (χ3v) is 6.57. The van der Waals surface area contributed by atoms with Gasteiger partial charge in [0, 0.05) is 6.92 Å². The molecular formula is C12H11NO9S-2. The average Bonchev–Trinajstić information content (AvgIpc) is 2.57. The number of aliphatic carboxylic acids is 2. The molecule has 23 heavy (non-hydrogen) atoms. The first-order chi connectivity index (χ1) is 10.4. The van der Waals surface area contributed by atoms with E-state index >= 15 is 0 Å². The van der Waals surface area contributed by atoms with E-state index < -0.39 is 62.0 Å². The fourth-order valence-corrected chi connectivity index (χ4v) is 5.02. The average molecular weight is 345 g/mol. The van der Waals surface area contributed by atoms with Crippen LogP contribution in [0.25, 0.3) is 0 Å². The summed E-state index contributed by atoms with van der Waals surface area (Å²) in [5.41, 5.74) is -0.609. The van der Waals surface area contributed by atoms with Gasteiger partial charge in [-0.3, -0.25) is 9.59 Å². The van der Waals surface area contributed by atoms with Crippen LogP contribution in [0.4, 0.5) is 0 Å². The number of carbonyl (C=O) groups is 4. The molecule has 0 aromatic heterocycles. The summed E-state index contributed by atoms with van der Waals surface area (Å²) in [5, 5.41) is 20.2. The van der Waals surface area contributed by atoms with Gasteiger partial charge in [-0.1, -0.05) is 0 Å². The molecule has 2 aliphatic heterocycles. The second-order valence-electron chi connectivity index (χ2n) is 5.34. The number of sulfone groups is 1. The molecule has 3 atom stereocenters. The number of ether oxygens (including phenoxy) is 1. The van der Waals surface area contributed by atoms with Crippen LogP contribution in [0.2, 0.25) is 0 Å². The van der Waals surface area contributed by atoms with Crippen LogP contribution in [-0.4, -0.2) is 59.9 Å². The Morgan fingerprint density at radius 1 is 1.35 bits per heavy atom. The predicted molar refractivity (Wildman–Crippen MR) is 66.5 cm³/mol. The van der Waals surface area contributed by atoms with Crippen LogP contribution >= 0.6 is 0 Å². The largest absolute Gasteiger partial charge is 0.548 e. The lowest BCUT2D eigenvalue weighted by Crippen LogP contribution is -2.62. The number of hydrogen-bond donors (Lipinski definition) is 0. The molecule has 0 spiro atoms. The Morgan fingerprint density at radius 2 is 1.91 bits per heavy atom. The van der Waals surface area contributed by atoms with E-state index in [4.69, 9.17) is 0 Å². The van der Waals surface area contributed by atoms with Crippen molar-refractivity contribution < 1.29 is 42.5 Å². The second kappa shape index (κ2) is 5.05. The summed E-state index contributed by atoms with van der Waals surface area (Å²) in [6.45, 7) is 1.18. The van der Waals surface area contributed by atoms with E-state index in [1.807, 2.05) is 0 Å². The first-order valence-electron chi connectivity index (χ1n) is 6.28. The minimum absolute atomic E-state index is 0.310. The molecule has 0 radical (unpaired) electrons. The summed E-state index contributed by atoms with van der Waals surface area (Å²) in [6.07, 6.45) is 0.310. The first kappa shape index (κ1) is 16.9. The molecule has 2 fully saturated rings. The standard InChI is InChI=1S/C12H13NO9S/c1-5(14)22-4-12(2)8(11(18)19)13-9(17)6(3-7(15)16)10(13)23(12,20)21/h3,8,10H,4H2,1-2H3,(H,15,16)(H,18,19)/p-2/b6-3-/t8-,10?,12-/m0/s1. The zero-order chi connectivity index (χ0) is 17.7. The molecule has 126 valence electrons. The third kappa shape index (κ3) is 2.19. The van der Waals surface area contributed by atoms with E-state index in [2.05, 4.69) is 4.74 Å². The molecule has 0 bridgehead atoms. The summed E-state index contributed by atoms with van der Waals surface area (Å²) in [6, 6.07) is -1.91. The van der Waals surface area contributed by atoms with Crippen molar-refractivity contribution in [2.24, 2.45) is 0 Å². The van der Waals surface area contributed by atoms with Gasteiger partial charge in [0.25, 0.3) is 5.91 Å². The molecular weight excluding hydrogens is 334 g/mol. The minimum atomic E-state index is -4.40. The number of esters is 1. The highest BCUT2D eigenvalue weighted by molar-refractivity contribution is 7.94. The van der Waals surface area contributed by atoms with Crippen molar-refractivity contribution in [3.05, 3.63) is 11.6 Å². The Balaban J connectivity index is 2.57. The highest BCUT2D eigenvalue weighted by Gasteiger charge is 2.70. The summed E-state index contributed by atoms with van der Waals surface area (Å²) < 4.78 is 27.7. The number of fused-ring (bicyclic) bond motifs is 1. The lowest BCUT2D eigenvalue weighted by molar-refractivity contribution is -0.312. The Morgan fingerprint density at radius 3 is 2.35 bits per heavy atom. The molecule has 2 saturated heterocycles. The maximum absolute atomic E-state index is 12.6. The summed E-state index contributed by atoms with van der Waals surface area (Å²) in [4.78, 5) is 45.3. The molecule has 0 aliphatic carbocycles. The zero-order valence-electron chi connectivity index (χ0n) is 12.0. The summed E-state index contributed by atoms with van der Waals surface area (Å²) in [7, 11) is -4.40. The summed E-state index contributed by atoms with van der Waals surface area (Å²) >= 11 is 0. The van der Waals surface area contributed by atoms with E-state index in [1.54, 1.807) is 0 Å². The van der Waals surface area contributed by atoms with Crippen molar-refractivity contribution in [1.29, 1.82) is 0 Å². The van der Waals surface area contributed by atoms with Crippen LogP contribution in [0.1, 0.15) is 13.8 Å². The van der Waals surface area contributed by atoms with E-state index in [-0.39, 0.29) is 0 Å². The van der Waals surface area contributed by atoms with Gasteiger partial charge in [0.2, 0.25) is 0 Å². The number of carbonyl (C=O) groups excluding carboxylic acids is 4. The smallest absolute Gasteiger partial charge is 0.302 e. The molecule has 11 heteroatoms. The van der Waals surface area contributed by atoms with Gasteiger partial charge in [0.05, 0.1) is 23.6 Å². The Hall–Kier alpha value is -2.43. The van der Waals surface area contributed by atoms with Gasteiger partial charge in [0.15, 0.2) is 15.2 Å². The maximum Gasteiger partial charge on any atom is 0.302 e. The number of carboxylic acid groups (broad SMARTS) is 2. The molecule has 1 unspecified atom stereocenters. The molecule has 0 N–H and O–H groups in total. The van der Waals surface area contributed by atoms with Gasteiger partial charge in [-0.15, -0.1) is 0 Å². The summed E-state index contributed by atoms with van der Waals surface area (Å²) in [5.74, 6) is -5.55. The molecule has 2 rings (SSSR count). The van der Waals surface area contributed by atoms with Crippen LogP contribution in [-0.2, 0) is 33.8 Å². The molecule has 2 aliphatic rings. The van der Waals surface area contributed by atoms with Crippen molar-refractivity contribution in [3.8, 4) is 0 Å². The zero-order valence-corrected chi connectivity index (χ0v) is 12.8. The van der Waals surface area contributed by atoms with Gasteiger partial charge in [-0.05, 0) is 13.0 Å². The number of β-lactam (4-membered cyclic amide) rings is 1. The first-order valence-corrected chi connectivity index (χ1v) is 7.82. The van der Waals surface area contributed by atoms with Crippen molar-refractivity contribution in [2.75, 3.05) is 6.61 Å². The van der Waals surface area contributed by atoms with E-state index in [0.717, 1.165) is 13.8 Å². The molecule has 0 aromatic carbocycles. The lowest BCUT2D eigenvalue weighted by Gasteiger charge is -2.40. The molecule has 10 nitrogen and oxygen atoms in total. The van der Waals surface area contributed by atoms with Crippen molar-refractivity contribution in [2.45, 2.75) is 30.0 Å². The molecule has 1 amide bonds. The quantitative estimate of drug-likeness (QED) is 0.279. The highest BCUT2D eigenvalue weighted by Crippen LogP contribution is 2.48. The van der Waals surface area contributed by atoms with Crippen molar-refractivity contribution in [3.63, 3.8) is 0 Å². The van der Waals surface area contributed by atoms with Crippen LogP contribution in [0.15, 0.2) is 11.6 Å². The van der Waals surface area contributed by atoms with Crippen molar-refractivity contribution in [1.82, 2.24) is 4.90 Å². The minimum Gasteiger partial charge on any atom is -0.548 e. The predicted octanol–water partition coefficient (Wildman–Crippen LogP) is -4.30. The monoisotopic (exact) mass is 345 g/mol. The van der Waals surface area contributed by atoms with E-state index in [9.17, 15) is 37.8 Å². The van der Waals surface area contributed by atoms with Crippen LogP contribution < -0.4 is 10.2 Å². The van der Waals surface area contributed by atoms with E-state index in [1.165, 1.54) is 0 Å². The number of carboxylic acids is 2. The second-order valence-corrected chi connectivity index (χ2v) is 7.81. The SMILES string of the molecule is CC(=O)OC[C@@]1(C)[C@H](C(=O)[O-])N2C(=O)/C(=C/C(=O)[O-])C2S1(=O)=O. The van der Waals surface area contributed by atoms with Gasteiger partial charge in [0.1, 0.15) is 11.4 Å². The Bertz CT molecular complexity index is 752. The van der Waals surface area contributed by atoms with Crippen LogP contribution in [0.5, 0.6) is 0 Å². The molecule has 0 saturated carbocycles. The fraction of sp³-hybridized carbons (Fsp3) is 0.500. The maximum atomic E-state index is 12.6. The molecule has 2 heterocycles. The third-order valence-electron chi connectivity index (χ3n) is 3.86. The number of rotatable bonds is 4. The van der Waals surface area contributed by atoms with Crippen LogP contribution in [0, 0.1) is 0 Å². The fourth-order valence-electron chi connectivity index (χ4n) is 2.75. The van der Waals surface area contributed by atoms with Gasteiger partial charge >= 0.3 is 5.97 Å². The topological polar surface area (TPSA) is 161 Å². The molecule has 0 aromatic rings. The van der Waals surface area contributed by atoms with Gasteiger partial charge in [-0.2, -0.15) is 0 Å². The number of amides is 1. The number of nitrogens with zero attached hydrogens (tertiary/aromatic N) is 1. The normalized spacial score (nSPS) is 33.0. The van der Waals surface area contributed by atoms with E-state index in [0.29, 0.717) is 11.0 Å². The van der Waals surface area contributed by atoms with Crippen molar-refractivity contribution >= 4 is 33.7 Å². The highest BCUT2D eigenvalue weighted by atomic mass is 32.2. The number of hydrogen-bond acceptors (Lipinski definition) is 9. The Labute approximate surface area is 130 Å². The van der Waals surface area contributed by atoms with Crippen LogP contribution in [0.3, 0.4) is 0 Å². The van der Waals surface area contributed by atoms with Gasteiger partial charge < -0.3 is 29.4 Å². The van der Waals surface area contributed by atoms with Gasteiger partial charge in [-0.25, -0.2) is 8.42 Å². The Kier molecular flexibility index (Phi) is 3.71. The lowest BCUT2D eigenvalue weighted by atomic mass is 9.94.